The lowest BCUT2D eigenvalue weighted by Crippen LogP contribution is -2.59. The van der Waals surface area contributed by atoms with Crippen LogP contribution in [0.3, 0.4) is 0 Å². The van der Waals surface area contributed by atoms with Gasteiger partial charge in [-0.25, -0.2) is 0 Å². The van der Waals surface area contributed by atoms with Gasteiger partial charge >= 0.3 is 0 Å². The average Bonchev–Trinajstić information content (AvgIpc) is 2.66. The summed E-state index contributed by atoms with van der Waals surface area (Å²) in [7, 11) is 0. The molecule has 3 rings (SSSR count). The highest BCUT2D eigenvalue weighted by molar-refractivity contribution is 6.14. The largest absolute Gasteiger partial charge is 0.376 e. The zero-order chi connectivity index (χ0) is 22.1. The molecule has 0 saturated heterocycles. The fraction of sp³-hybridized carbons (Fsp3) is 0.348. The Morgan fingerprint density at radius 3 is 2.30 bits per heavy atom. The number of benzene rings is 2. The number of hydrogen-bond donors (Lipinski definition) is 3. The third kappa shape index (κ3) is 4.45. The SMILES string of the molecule is CC(C)(C)NC(=O)c1ccc(NCC(=O)N2c3ccccc3NC(=O)C2(C)C)cc1. The van der Waals surface area contributed by atoms with Gasteiger partial charge in [0.2, 0.25) is 11.8 Å². The predicted octanol–water partition coefficient (Wildman–Crippen LogP) is 3.39. The number of nitrogens with one attached hydrogen (secondary N) is 3. The van der Waals surface area contributed by atoms with Crippen LogP contribution in [0.15, 0.2) is 48.5 Å². The monoisotopic (exact) mass is 408 g/mol. The molecular weight excluding hydrogens is 380 g/mol. The summed E-state index contributed by atoms with van der Waals surface area (Å²) in [4.78, 5) is 39.3. The second kappa shape index (κ2) is 7.82. The summed E-state index contributed by atoms with van der Waals surface area (Å²) in [5.41, 5.74) is 1.21. The summed E-state index contributed by atoms with van der Waals surface area (Å²) in [5.74, 6) is -0.608. The first-order valence-corrected chi connectivity index (χ1v) is 9.89. The number of rotatable bonds is 4. The molecule has 0 radical (unpaired) electrons. The maximum atomic E-state index is 13.0. The molecule has 0 spiro atoms. The van der Waals surface area contributed by atoms with E-state index in [1.807, 2.05) is 39.0 Å². The van der Waals surface area contributed by atoms with E-state index >= 15 is 0 Å². The van der Waals surface area contributed by atoms with Crippen molar-refractivity contribution in [3.8, 4) is 0 Å². The number of fused-ring (bicyclic) bond motifs is 1. The fourth-order valence-corrected chi connectivity index (χ4v) is 3.31. The van der Waals surface area contributed by atoms with Crippen LogP contribution in [-0.2, 0) is 9.59 Å². The highest BCUT2D eigenvalue weighted by Crippen LogP contribution is 2.36. The number of anilines is 3. The standard InChI is InChI=1S/C23H28N4O3/c1-22(2,3)26-20(29)15-10-12-16(13-11-15)24-14-19(28)27-18-9-7-6-8-17(18)25-21(30)23(27,4)5/h6-13,24H,14H2,1-5H3,(H,25,30)(H,26,29). The van der Waals surface area contributed by atoms with Crippen molar-refractivity contribution in [2.45, 2.75) is 45.7 Å². The van der Waals surface area contributed by atoms with E-state index in [1.165, 1.54) is 4.90 Å². The molecule has 30 heavy (non-hydrogen) atoms. The molecule has 0 aromatic heterocycles. The molecule has 0 atom stereocenters. The van der Waals surface area contributed by atoms with Gasteiger partial charge in [0.15, 0.2) is 0 Å². The van der Waals surface area contributed by atoms with Gasteiger partial charge in [0.05, 0.1) is 17.9 Å². The van der Waals surface area contributed by atoms with E-state index in [1.54, 1.807) is 44.2 Å². The van der Waals surface area contributed by atoms with Crippen LogP contribution in [0.25, 0.3) is 0 Å². The Balaban J connectivity index is 1.71. The smallest absolute Gasteiger partial charge is 0.251 e. The van der Waals surface area contributed by atoms with Crippen LogP contribution in [0.2, 0.25) is 0 Å². The highest BCUT2D eigenvalue weighted by atomic mass is 16.2. The summed E-state index contributed by atoms with van der Waals surface area (Å²) in [6.07, 6.45) is 0. The van der Waals surface area contributed by atoms with Crippen molar-refractivity contribution in [3.63, 3.8) is 0 Å². The number of hydrogen-bond acceptors (Lipinski definition) is 4. The molecule has 1 heterocycles. The molecule has 7 nitrogen and oxygen atoms in total. The lowest BCUT2D eigenvalue weighted by Gasteiger charge is -2.42. The van der Waals surface area contributed by atoms with E-state index in [-0.39, 0.29) is 29.8 Å². The molecule has 0 aliphatic carbocycles. The Hall–Kier alpha value is -3.35. The van der Waals surface area contributed by atoms with E-state index in [4.69, 9.17) is 0 Å². The van der Waals surface area contributed by atoms with Crippen LogP contribution in [0.4, 0.5) is 17.1 Å². The fourth-order valence-electron chi connectivity index (χ4n) is 3.31. The van der Waals surface area contributed by atoms with Gasteiger partial charge in [0.25, 0.3) is 5.91 Å². The molecule has 158 valence electrons. The Labute approximate surface area is 176 Å². The molecule has 0 saturated carbocycles. The number of nitrogens with zero attached hydrogens (tertiary/aromatic N) is 1. The number of amides is 3. The van der Waals surface area contributed by atoms with Crippen LogP contribution in [0.5, 0.6) is 0 Å². The first kappa shape index (κ1) is 21.4. The zero-order valence-electron chi connectivity index (χ0n) is 18.0. The maximum Gasteiger partial charge on any atom is 0.251 e. The van der Waals surface area contributed by atoms with E-state index in [2.05, 4.69) is 16.0 Å². The molecule has 0 bridgehead atoms. The van der Waals surface area contributed by atoms with Gasteiger partial charge in [-0.05, 0) is 71.0 Å². The third-order valence-electron chi connectivity index (χ3n) is 4.84. The molecule has 3 N–H and O–H groups in total. The molecule has 1 aliphatic heterocycles. The normalized spacial score (nSPS) is 15.1. The summed E-state index contributed by atoms with van der Waals surface area (Å²) in [5, 5.41) is 8.85. The van der Waals surface area contributed by atoms with Crippen molar-refractivity contribution < 1.29 is 14.4 Å². The first-order valence-electron chi connectivity index (χ1n) is 9.89. The van der Waals surface area contributed by atoms with Crippen molar-refractivity contribution in [2.75, 3.05) is 22.1 Å². The van der Waals surface area contributed by atoms with Gasteiger partial charge in [-0.3, -0.25) is 19.3 Å². The minimum absolute atomic E-state index is 0.0125. The Morgan fingerprint density at radius 2 is 1.67 bits per heavy atom. The van der Waals surface area contributed by atoms with Crippen LogP contribution < -0.4 is 20.9 Å². The zero-order valence-corrected chi connectivity index (χ0v) is 18.0. The molecule has 7 heteroatoms. The minimum Gasteiger partial charge on any atom is -0.376 e. The van der Waals surface area contributed by atoms with Crippen molar-refractivity contribution >= 4 is 34.8 Å². The summed E-state index contributed by atoms with van der Waals surface area (Å²) >= 11 is 0. The van der Waals surface area contributed by atoms with E-state index < -0.39 is 5.54 Å². The quantitative estimate of drug-likeness (QED) is 0.723. The van der Waals surface area contributed by atoms with Crippen LogP contribution in [0, 0.1) is 0 Å². The number of carbonyl (C=O) groups is 3. The molecule has 2 aromatic rings. The Kier molecular flexibility index (Phi) is 5.57. The Bertz CT molecular complexity index is 975. The van der Waals surface area contributed by atoms with Gasteiger partial charge in [-0.1, -0.05) is 12.1 Å². The van der Waals surface area contributed by atoms with E-state index in [0.29, 0.717) is 22.6 Å². The average molecular weight is 409 g/mol. The third-order valence-corrected chi connectivity index (χ3v) is 4.84. The van der Waals surface area contributed by atoms with Crippen molar-refractivity contribution in [1.82, 2.24) is 5.32 Å². The minimum atomic E-state index is -1.01. The van der Waals surface area contributed by atoms with Crippen LogP contribution >= 0.6 is 0 Å². The molecule has 0 fully saturated rings. The number of para-hydroxylation sites is 2. The van der Waals surface area contributed by atoms with Crippen LogP contribution in [0.1, 0.15) is 45.0 Å². The van der Waals surface area contributed by atoms with Crippen molar-refractivity contribution in [3.05, 3.63) is 54.1 Å². The molecule has 3 amide bonds. The summed E-state index contributed by atoms with van der Waals surface area (Å²) < 4.78 is 0. The maximum absolute atomic E-state index is 13.0. The van der Waals surface area contributed by atoms with Crippen molar-refractivity contribution in [2.24, 2.45) is 0 Å². The lowest BCUT2D eigenvalue weighted by atomic mass is 9.96. The topological polar surface area (TPSA) is 90.5 Å². The van der Waals surface area contributed by atoms with Crippen molar-refractivity contribution in [1.29, 1.82) is 0 Å². The lowest BCUT2D eigenvalue weighted by molar-refractivity contribution is -0.125. The molecule has 1 aliphatic rings. The summed E-state index contributed by atoms with van der Waals surface area (Å²) in [6, 6.07) is 14.2. The number of carbonyl (C=O) groups excluding carboxylic acids is 3. The molecule has 2 aromatic carbocycles. The van der Waals surface area contributed by atoms with E-state index in [9.17, 15) is 14.4 Å². The van der Waals surface area contributed by atoms with Gasteiger partial charge < -0.3 is 16.0 Å². The molecule has 0 unspecified atom stereocenters. The van der Waals surface area contributed by atoms with E-state index in [0.717, 1.165) is 0 Å². The highest BCUT2D eigenvalue weighted by Gasteiger charge is 2.43. The molecular formula is C23H28N4O3. The second-order valence-electron chi connectivity index (χ2n) is 8.89. The first-order chi connectivity index (χ1) is 14.0. The van der Waals surface area contributed by atoms with Gasteiger partial charge in [-0.15, -0.1) is 0 Å². The van der Waals surface area contributed by atoms with Gasteiger partial charge in [-0.2, -0.15) is 0 Å². The van der Waals surface area contributed by atoms with Gasteiger partial charge in [0, 0.05) is 16.8 Å². The van der Waals surface area contributed by atoms with Gasteiger partial charge in [0.1, 0.15) is 5.54 Å². The summed E-state index contributed by atoms with van der Waals surface area (Å²) in [6.45, 7) is 9.23. The van der Waals surface area contributed by atoms with Crippen LogP contribution in [-0.4, -0.2) is 35.3 Å². The Morgan fingerprint density at radius 1 is 1.03 bits per heavy atom. The predicted molar refractivity (Wildman–Crippen MR) is 119 cm³/mol. The second-order valence-corrected chi connectivity index (χ2v) is 8.89.